The molecule has 0 aromatic heterocycles. The number of nitrogens with one attached hydrogen (secondary N) is 1. The van der Waals surface area contributed by atoms with Gasteiger partial charge in [-0.05, 0) is 41.4 Å². The molecular formula is C13H16BrClFN. The van der Waals surface area contributed by atoms with Gasteiger partial charge in [0, 0.05) is 16.1 Å². The van der Waals surface area contributed by atoms with E-state index in [1.807, 2.05) is 0 Å². The fraction of sp³-hybridized carbons (Fsp3) is 0.385. The van der Waals surface area contributed by atoms with E-state index in [1.54, 1.807) is 18.2 Å². The summed E-state index contributed by atoms with van der Waals surface area (Å²) in [4.78, 5) is 0. The summed E-state index contributed by atoms with van der Waals surface area (Å²) in [6.45, 7) is 6.61. The van der Waals surface area contributed by atoms with Crippen LogP contribution in [0.25, 0.3) is 0 Å². The highest BCUT2D eigenvalue weighted by Crippen LogP contribution is 2.31. The minimum atomic E-state index is -0.364. The van der Waals surface area contributed by atoms with Gasteiger partial charge in [-0.15, -0.1) is 6.58 Å². The van der Waals surface area contributed by atoms with Gasteiger partial charge in [-0.2, -0.15) is 0 Å². The molecular weight excluding hydrogens is 305 g/mol. The average Bonchev–Trinajstić information content (AvgIpc) is 2.32. The zero-order chi connectivity index (χ0) is 12.8. The van der Waals surface area contributed by atoms with Gasteiger partial charge in [0.05, 0.1) is 5.02 Å². The maximum atomic E-state index is 14.0. The summed E-state index contributed by atoms with van der Waals surface area (Å²) in [6.07, 6.45) is 3.46. The number of benzene rings is 1. The molecule has 1 atom stereocenters. The first-order chi connectivity index (χ1) is 8.11. The first-order valence-corrected chi connectivity index (χ1v) is 6.76. The first kappa shape index (κ1) is 14.7. The molecule has 0 fully saturated rings. The highest BCUT2D eigenvalue weighted by molar-refractivity contribution is 9.10. The second-order valence-corrected chi connectivity index (χ2v) is 5.03. The second kappa shape index (κ2) is 7.14. The van der Waals surface area contributed by atoms with E-state index >= 15 is 0 Å². The van der Waals surface area contributed by atoms with Gasteiger partial charge in [0.1, 0.15) is 5.82 Å². The van der Waals surface area contributed by atoms with Gasteiger partial charge < -0.3 is 5.32 Å². The zero-order valence-electron chi connectivity index (χ0n) is 9.77. The summed E-state index contributed by atoms with van der Waals surface area (Å²) in [5.41, 5.74) is 0.589. The minimum Gasteiger partial charge on any atom is -0.310 e. The lowest BCUT2D eigenvalue weighted by atomic mass is 10.0. The molecule has 1 rings (SSSR count). The molecule has 0 aliphatic carbocycles. The van der Waals surface area contributed by atoms with Crippen molar-refractivity contribution in [1.29, 1.82) is 0 Å². The summed E-state index contributed by atoms with van der Waals surface area (Å²) in [5, 5.41) is 3.42. The SMILES string of the molecule is C=CCC(NCCC)c1ccc(Br)c(Cl)c1F. The van der Waals surface area contributed by atoms with Crippen molar-refractivity contribution in [3.8, 4) is 0 Å². The highest BCUT2D eigenvalue weighted by atomic mass is 79.9. The Morgan fingerprint density at radius 3 is 2.88 bits per heavy atom. The molecule has 94 valence electrons. The van der Waals surface area contributed by atoms with Crippen LogP contribution < -0.4 is 5.32 Å². The van der Waals surface area contributed by atoms with Crippen LogP contribution in [0.1, 0.15) is 31.4 Å². The Bertz CT molecular complexity index is 395. The van der Waals surface area contributed by atoms with Crippen LogP contribution in [0, 0.1) is 5.82 Å². The van der Waals surface area contributed by atoms with Gasteiger partial charge >= 0.3 is 0 Å². The molecule has 0 saturated carbocycles. The number of halogens is 3. The van der Waals surface area contributed by atoms with Crippen LogP contribution in [0.4, 0.5) is 4.39 Å². The quantitative estimate of drug-likeness (QED) is 0.583. The fourth-order valence-electron chi connectivity index (χ4n) is 1.62. The van der Waals surface area contributed by atoms with E-state index in [-0.39, 0.29) is 16.9 Å². The van der Waals surface area contributed by atoms with Crippen molar-refractivity contribution < 1.29 is 4.39 Å². The maximum absolute atomic E-state index is 14.0. The Morgan fingerprint density at radius 2 is 2.29 bits per heavy atom. The van der Waals surface area contributed by atoms with Gasteiger partial charge in [-0.1, -0.05) is 30.7 Å². The van der Waals surface area contributed by atoms with Crippen molar-refractivity contribution in [2.24, 2.45) is 0 Å². The molecule has 0 aliphatic heterocycles. The lowest BCUT2D eigenvalue weighted by Crippen LogP contribution is -2.22. The number of hydrogen-bond donors (Lipinski definition) is 1. The van der Waals surface area contributed by atoms with E-state index in [4.69, 9.17) is 11.6 Å². The van der Waals surface area contributed by atoms with Crippen molar-refractivity contribution >= 4 is 27.5 Å². The molecule has 4 heteroatoms. The smallest absolute Gasteiger partial charge is 0.147 e. The summed E-state index contributed by atoms with van der Waals surface area (Å²) >= 11 is 9.09. The molecule has 0 heterocycles. The summed E-state index contributed by atoms with van der Waals surface area (Å²) < 4.78 is 14.6. The Morgan fingerprint density at radius 1 is 1.59 bits per heavy atom. The third-order valence-corrected chi connectivity index (χ3v) is 3.74. The molecule has 17 heavy (non-hydrogen) atoms. The van der Waals surface area contributed by atoms with Crippen LogP contribution in [0.15, 0.2) is 29.3 Å². The van der Waals surface area contributed by atoms with Crippen LogP contribution in [-0.4, -0.2) is 6.54 Å². The molecule has 0 saturated heterocycles. The van der Waals surface area contributed by atoms with Crippen LogP contribution in [-0.2, 0) is 0 Å². The van der Waals surface area contributed by atoms with Gasteiger partial charge in [0.15, 0.2) is 0 Å². The maximum Gasteiger partial charge on any atom is 0.147 e. The van der Waals surface area contributed by atoms with Gasteiger partial charge in [0.2, 0.25) is 0 Å². The molecule has 0 amide bonds. The van der Waals surface area contributed by atoms with Crippen LogP contribution in [0.2, 0.25) is 5.02 Å². The molecule has 1 aromatic rings. The normalized spacial score (nSPS) is 12.5. The molecule has 1 unspecified atom stereocenters. The lowest BCUT2D eigenvalue weighted by molar-refractivity contribution is 0.503. The second-order valence-electron chi connectivity index (χ2n) is 3.80. The Kier molecular flexibility index (Phi) is 6.17. The number of hydrogen-bond acceptors (Lipinski definition) is 1. The van der Waals surface area contributed by atoms with E-state index in [0.717, 1.165) is 13.0 Å². The average molecular weight is 321 g/mol. The molecule has 1 nitrogen and oxygen atoms in total. The third kappa shape index (κ3) is 3.80. The molecule has 0 radical (unpaired) electrons. The molecule has 0 spiro atoms. The van der Waals surface area contributed by atoms with Gasteiger partial charge in [0.25, 0.3) is 0 Å². The predicted octanol–water partition coefficient (Wildman–Crippen LogP) is 4.86. The van der Waals surface area contributed by atoms with Crippen LogP contribution in [0.3, 0.4) is 0 Å². The Hall–Kier alpha value is -0.380. The van der Waals surface area contributed by atoms with Crippen LogP contribution >= 0.6 is 27.5 Å². The monoisotopic (exact) mass is 319 g/mol. The van der Waals surface area contributed by atoms with Crippen LogP contribution in [0.5, 0.6) is 0 Å². The Balaban J connectivity index is 3.00. The standard InChI is InChI=1S/C13H16BrClFN/c1-3-5-11(17-8-4-2)9-6-7-10(14)12(15)13(9)16/h3,6-7,11,17H,1,4-5,8H2,2H3. The van der Waals surface area contributed by atoms with E-state index < -0.39 is 0 Å². The van der Waals surface area contributed by atoms with Crippen molar-refractivity contribution in [3.63, 3.8) is 0 Å². The summed E-state index contributed by atoms with van der Waals surface area (Å²) in [6, 6.07) is 3.45. The molecule has 0 aliphatic rings. The number of rotatable bonds is 6. The van der Waals surface area contributed by atoms with Crippen molar-refractivity contribution in [1.82, 2.24) is 5.32 Å². The van der Waals surface area contributed by atoms with Crippen molar-refractivity contribution in [2.75, 3.05) is 6.54 Å². The predicted molar refractivity (Wildman–Crippen MR) is 75.0 cm³/mol. The molecule has 1 aromatic carbocycles. The third-order valence-electron chi connectivity index (χ3n) is 2.48. The Labute approximate surface area is 115 Å². The van der Waals surface area contributed by atoms with Gasteiger partial charge in [-0.25, -0.2) is 4.39 Å². The zero-order valence-corrected chi connectivity index (χ0v) is 12.1. The summed E-state index contributed by atoms with van der Waals surface area (Å²) in [5.74, 6) is -0.364. The minimum absolute atomic E-state index is 0.0713. The van der Waals surface area contributed by atoms with E-state index in [2.05, 4.69) is 34.7 Å². The van der Waals surface area contributed by atoms with Crippen molar-refractivity contribution in [3.05, 3.63) is 45.7 Å². The fourth-order valence-corrected chi connectivity index (χ4v) is 2.09. The van der Waals surface area contributed by atoms with Gasteiger partial charge in [-0.3, -0.25) is 0 Å². The lowest BCUT2D eigenvalue weighted by Gasteiger charge is -2.18. The molecule has 0 bridgehead atoms. The largest absolute Gasteiger partial charge is 0.310 e. The van der Waals surface area contributed by atoms with E-state index in [1.165, 1.54) is 0 Å². The van der Waals surface area contributed by atoms with E-state index in [9.17, 15) is 4.39 Å². The summed E-state index contributed by atoms with van der Waals surface area (Å²) in [7, 11) is 0. The highest BCUT2D eigenvalue weighted by Gasteiger charge is 2.17. The molecule has 1 N–H and O–H groups in total. The van der Waals surface area contributed by atoms with Crippen molar-refractivity contribution in [2.45, 2.75) is 25.8 Å². The van der Waals surface area contributed by atoms with E-state index in [0.29, 0.717) is 16.5 Å². The topological polar surface area (TPSA) is 12.0 Å². The first-order valence-electron chi connectivity index (χ1n) is 5.59.